The van der Waals surface area contributed by atoms with Crippen LogP contribution in [0, 0.1) is 58.2 Å². The summed E-state index contributed by atoms with van der Waals surface area (Å²) in [5.74, 6) is 0.888. The van der Waals surface area contributed by atoms with Gasteiger partial charge in [-0.1, -0.05) is 63.9 Å². The SMILES string of the molecule is CC[C@@H](C(C)C)C(O)C(Br)[C@@H](C)[C@H]1CC[C@H]2[C@@H]3COC(=O)[C@H]4C[C@H](OC(C)=O)[C@H](OC(C)=O)C[C@]4(C)[C@H]3CC[C@]12C. The number of cyclic esters (lactones) is 1. The average Bonchev–Trinajstić information content (AvgIpc) is 3.19. The van der Waals surface area contributed by atoms with Crippen molar-refractivity contribution in [2.45, 2.75) is 123 Å². The third-order valence-corrected chi connectivity index (χ3v) is 13.6. The predicted octanol–water partition coefficient (Wildman–Crippen LogP) is 6.32. The van der Waals surface area contributed by atoms with Crippen LogP contribution < -0.4 is 0 Å². The van der Waals surface area contributed by atoms with Crippen molar-refractivity contribution in [3.05, 3.63) is 0 Å². The number of fused-ring (bicyclic) bond motifs is 5. The molecule has 0 aromatic carbocycles. The highest BCUT2D eigenvalue weighted by Crippen LogP contribution is 2.66. The Labute approximate surface area is 255 Å². The van der Waals surface area contributed by atoms with Gasteiger partial charge in [0.2, 0.25) is 0 Å². The maximum atomic E-state index is 13.5. The third kappa shape index (κ3) is 5.99. The van der Waals surface area contributed by atoms with Crippen molar-refractivity contribution in [1.29, 1.82) is 0 Å². The molecule has 4 rings (SSSR count). The molecule has 8 heteroatoms. The van der Waals surface area contributed by atoms with Crippen LogP contribution in [0.3, 0.4) is 0 Å². The number of carbonyl (C=O) groups excluding carboxylic acids is 3. The molecule has 1 saturated heterocycles. The quantitative estimate of drug-likeness (QED) is 0.188. The molecule has 0 bridgehead atoms. The molecule has 0 spiro atoms. The van der Waals surface area contributed by atoms with Crippen LogP contribution in [0.1, 0.15) is 100 Å². The van der Waals surface area contributed by atoms with Gasteiger partial charge in [-0.05, 0) is 84.4 Å². The molecule has 1 N–H and O–H groups in total. The lowest BCUT2D eigenvalue weighted by Gasteiger charge is -2.56. The first-order chi connectivity index (χ1) is 19.1. The summed E-state index contributed by atoms with van der Waals surface area (Å²) >= 11 is 3.96. The predicted molar refractivity (Wildman–Crippen MR) is 160 cm³/mol. The van der Waals surface area contributed by atoms with Gasteiger partial charge in [-0.2, -0.15) is 0 Å². The van der Waals surface area contributed by atoms with Gasteiger partial charge in [0.05, 0.1) is 18.6 Å². The number of hydrogen-bond donors (Lipinski definition) is 1. The van der Waals surface area contributed by atoms with E-state index in [2.05, 4.69) is 57.5 Å². The van der Waals surface area contributed by atoms with Gasteiger partial charge in [-0.25, -0.2) is 0 Å². The summed E-state index contributed by atoms with van der Waals surface area (Å²) in [6.45, 7) is 16.6. The van der Waals surface area contributed by atoms with Crippen molar-refractivity contribution in [2.24, 2.45) is 58.2 Å². The largest absolute Gasteiger partial charge is 0.465 e. The highest BCUT2D eigenvalue weighted by Gasteiger charge is 2.64. The minimum Gasteiger partial charge on any atom is -0.465 e. The van der Waals surface area contributed by atoms with Gasteiger partial charge in [0, 0.05) is 25.1 Å². The Kier molecular flexibility index (Phi) is 9.95. The Balaban J connectivity index is 1.60. The summed E-state index contributed by atoms with van der Waals surface area (Å²) in [7, 11) is 0. The molecular weight excluding hydrogens is 588 g/mol. The fraction of sp³-hybridized carbons (Fsp3) is 0.909. The lowest BCUT2D eigenvalue weighted by molar-refractivity contribution is -0.188. The van der Waals surface area contributed by atoms with Crippen molar-refractivity contribution >= 4 is 33.8 Å². The molecule has 0 amide bonds. The second kappa shape index (κ2) is 12.5. The second-order valence-electron chi connectivity index (χ2n) is 14.6. The van der Waals surface area contributed by atoms with Gasteiger partial charge in [0.25, 0.3) is 0 Å². The summed E-state index contributed by atoms with van der Waals surface area (Å²) in [5.41, 5.74) is -0.321. The van der Waals surface area contributed by atoms with Crippen LogP contribution in [0.25, 0.3) is 0 Å². The topological polar surface area (TPSA) is 99.1 Å². The van der Waals surface area contributed by atoms with E-state index in [-0.39, 0.29) is 34.0 Å². The van der Waals surface area contributed by atoms with Gasteiger partial charge >= 0.3 is 17.9 Å². The van der Waals surface area contributed by atoms with Crippen LogP contribution in [0.4, 0.5) is 0 Å². The Morgan fingerprint density at radius 3 is 2.22 bits per heavy atom. The molecule has 4 aliphatic rings. The Morgan fingerprint density at radius 1 is 1.02 bits per heavy atom. The van der Waals surface area contributed by atoms with E-state index in [1.165, 1.54) is 13.8 Å². The van der Waals surface area contributed by atoms with Crippen molar-refractivity contribution in [3.63, 3.8) is 0 Å². The fourth-order valence-electron chi connectivity index (χ4n) is 10.2. The molecule has 0 aromatic heterocycles. The highest BCUT2D eigenvalue weighted by molar-refractivity contribution is 9.09. The molecule has 1 aliphatic heterocycles. The summed E-state index contributed by atoms with van der Waals surface area (Å²) in [6, 6.07) is 0. The normalized spacial score (nSPS) is 41.5. The summed E-state index contributed by atoms with van der Waals surface area (Å²) in [5, 5.41) is 11.4. The van der Waals surface area contributed by atoms with Crippen molar-refractivity contribution in [3.8, 4) is 0 Å². The molecule has 3 aliphatic carbocycles. The zero-order valence-electron chi connectivity index (χ0n) is 26.4. The minimum atomic E-state index is -0.649. The van der Waals surface area contributed by atoms with E-state index in [1.54, 1.807) is 0 Å². The number of hydrogen-bond acceptors (Lipinski definition) is 7. The molecule has 13 atom stereocenters. The van der Waals surface area contributed by atoms with Gasteiger partial charge in [0.1, 0.15) is 12.2 Å². The number of carbonyl (C=O) groups is 3. The average molecular weight is 642 g/mol. The zero-order valence-corrected chi connectivity index (χ0v) is 27.9. The van der Waals surface area contributed by atoms with E-state index < -0.39 is 41.6 Å². The van der Waals surface area contributed by atoms with Crippen molar-refractivity contribution in [1.82, 2.24) is 0 Å². The first-order valence-corrected chi connectivity index (χ1v) is 16.9. The number of alkyl halides is 1. The fourth-order valence-corrected chi connectivity index (χ4v) is 11.0. The number of halogens is 1. The van der Waals surface area contributed by atoms with Gasteiger partial charge in [-0.3, -0.25) is 14.4 Å². The monoisotopic (exact) mass is 640 g/mol. The number of aliphatic hydroxyl groups is 1. The Hall–Kier alpha value is -1.15. The number of esters is 3. The van der Waals surface area contributed by atoms with E-state index in [0.29, 0.717) is 43.1 Å². The maximum absolute atomic E-state index is 13.5. The van der Waals surface area contributed by atoms with E-state index in [4.69, 9.17) is 14.2 Å². The Morgan fingerprint density at radius 2 is 1.63 bits per heavy atom. The smallest absolute Gasteiger partial charge is 0.309 e. The first-order valence-electron chi connectivity index (χ1n) is 16.0. The second-order valence-corrected chi connectivity index (χ2v) is 15.7. The first kappa shape index (κ1) is 32.8. The number of rotatable bonds is 8. The molecule has 2 unspecified atom stereocenters. The molecule has 1 heterocycles. The summed E-state index contributed by atoms with van der Waals surface area (Å²) < 4.78 is 17.4. The molecule has 0 radical (unpaired) electrons. The van der Waals surface area contributed by atoms with Crippen LogP contribution in [0.5, 0.6) is 0 Å². The van der Waals surface area contributed by atoms with E-state index in [9.17, 15) is 19.5 Å². The van der Waals surface area contributed by atoms with Gasteiger partial charge < -0.3 is 19.3 Å². The van der Waals surface area contributed by atoms with E-state index in [1.807, 2.05) is 0 Å². The lowest BCUT2D eigenvalue weighted by atomic mass is 9.48. The molecule has 3 saturated carbocycles. The standard InChI is InChI=1S/C33H53BrO7/c1-9-21(17(2)3)30(37)29(34)18(4)23-10-11-24-22-16-39-31(38)26-14-27(40-19(5)35)28(41-20(6)36)15-33(26,8)25(22)12-13-32(23,24)7/h17-18,21-30,37H,9-16H2,1-8H3/t18-,21-,22-,23+,24-,25-,26+,27-,28+,29?,30?,32+,33+/m0/s1. The summed E-state index contributed by atoms with van der Waals surface area (Å²) in [4.78, 5) is 37.5. The van der Waals surface area contributed by atoms with Gasteiger partial charge in [-0.15, -0.1) is 0 Å². The van der Waals surface area contributed by atoms with Gasteiger partial charge in [0.15, 0.2) is 0 Å². The number of aliphatic hydroxyl groups excluding tert-OH is 1. The highest BCUT2D eigenvalue weighted by atomic mass is 79.9. The van der Waals surface area contributed by atoms with Crippen LogP contribution in [0.15, 0.2) is 0 Å². The zero-order chi connectivity index (χ0) is 30.4. The van der Waals surface area contributed by atoms with Crippen molar-refractivity contribution < 1.29 is 33.7 Å². The minimum absolute atomic E-state index is 0.0306. The van der Waals surface area contributed by atoms with Crippen LogP contribution in [0.2, 0.25) is 0 Å². The molecular formula is C33H53BrO7. The molecule has 0 aromatic rings. The molecule has 41 heavy (non-hydrogen) atoms. The Bertz CT molecular complexity index is 985. The van der Waals surface area contributed by atoms with Crippen LogP contribution in [-0.4, -0.2) is 52.8 Å². The maximum Gasteiger partial charge on any atom is 0.309 e. The van der Waals surface area contributed by atoms with Crippen LogP contribution in [-0.2, 0) is 28.6 Å². The summed E-state index contributed by atoms with van der Waals surface area (Å²) in [6.07, 6.45) is 4.39. The molecule has 7 nitrogen and oxygen atoms in total. The molecule has 4 fully saturated rings. The van der Waals surface area contributed by atoms with E-state index >= 15 is 0 Å². The van der Waals surface area contributed by atoms with Crippen LogP contribution >= 0.6 is 15.9 Å². The van der Waals surface area contributed by atoms with Crippen molar-refractivity contribution in [2.75, 3.05) is 6.61 Å². The lowest BCUT2D eigenvalue weighted by Crippen LogP contribution is -2.56. The molecule has 234 valence electrons. The third-order valence-electron chi connectivity index (χ3n) is 12.2. The number of ether oxygens (including phenoxy) is 3. The van der Waals surface area contributed by atoms with E-state index in [0.717, 1.165) is 32.1 Å².